The molecule has 23 heavy (non-hydrogen) atoms. The van der Waals surface area contributed by atoms with E-state index in [0.717, 1.165) is 30.3 Å². The molecule has 7 heteroatoms. The highest BCUT2D eigenvalue weighted by molar-refractivity contribution is 7.80. The summed E-state index contributed by atoms with van der Waals surface area (Å²) in [5, 5.41) is 13.3. The van der Waals surface area contributed by atoms with Crippen molar-refractivity contribution in [3.05, 3.63) is 40.9 Å². The molecule has 0 fully saturated rings. The fourth-order valence-electron chi connectivity index (χ4n) is 2.70. The third kappa shape index (κ3) is 4.00. The average Bonchev–Trinajstić information content (AvgIpc) is 2.77. The lowest BCUT2D eigenvalue weighted by atomic mass is 10.2. The molecular formula is C16H20ClN5S. The molecule has 0 aliphatic carbocycles. The van der Waals surface area contributed by atoms with Crippen LogP contribution in [0.1, 0.15) is 30.9 Å². The molecule has 2 heterocycles. The number of hydrogen-bond acceptors (Lipinski definition) is 3. The molecule has 1 aliphatic heterocycles. The van der Waals surface area contributed by atoms with Gasteiger partial charge in [-0.25, -0.2) is 0 Å². The van der Waals surface area contributed by atoms with Gasteiger partial charge in [-0.1, -0.05) is 18.0 Å². The van der Waals surface area contributed by atoms with E-state index in [9.17, 15) is 0 Å². The number of fused-ring (bicyclic) bond motifs is 1. The first kappa shape index (κ1) is 16.2. The van der Waals surface area contributed by atoms with Gasteiger partial charge in [-0.15, -0.1) is 10.2 Å². The molecule has 1 aromatic heterocycles. The Morgan fingerprint density at radius 2 is 2.04 bits per heavy atom. The second kappa shape index (κ2) is 7.27. The molecule has 0 radical (unpaired) electrons. The fraction of sp³-hybridized carbons (Fsp3) is 0.438. The zero-order valence-corrected chi connectivity index (χ0v) is 14.7. The molecule has 0 bridgehead atoms. The summed E-state index contributed by atoms with van der Waals surface area (Å²) in [7, 11) is 1.96. The van der Waals surface area contributed by atoms with E-state index in [4.69, 9.17) is 23.8 Å². The van der Waals surface area contributed by atoms with Gasteiger partial charge in [0, 0.05) is 30.7 Å². The third-order valence-electron chi connectivity index (χ3n) is 4.01. The van der Waals surface area contributed by atoms with Crippen molar-refractivity contribution in [1.82, 2.24) is 19.7 Å². The summed E-state index contributed by atoms with van der Waals surface area (Å²) in [6, 6.07) is 7.49. The first-order valence-electron chi connectivity index (χ1n) is 7.82. The Morgan fingerprint density at radius 1 is 1.26 bits per heavy atom. The van der Waals surface area contributed by atoms with Crippen LogP contribution in [0.5, 0.6) is 0 Å². The summed E-state index contributed by atoms with van der Waals surface area (Å²) < 4.78 is 2.24. The number of nitrogens with one attached hydrogen (secondary N) is 1. The van der Waals surface area contributed by atoms with E-state index in [1.54, 1.807) is 0 Å². The monoisotopic (exact) mass is 349 g/mol. The van der Waals surface area contributed by atoms with Gasteiger partial charge < -0.3 is 14.8 Å². The summed E-state index contributed by atoms with van der Waals surface area (Å²) >= 11 is 11.4. The highest BCUT2D eigenvalue weighted by Gasteiger charge is 2.16. The first-order chi connectivity index (χ1) is 11.1. The number of aryl methyl sites for hydroxylation is 1. The van der Waals surface area contributed by atoms with Crippen molar-refractivity contribution in [2.45, 2.75) is 38.8 Å². The molecule has 0 spiro atoms. The maximum atomic E-state index is 5.90. The molecule has 1 N–H and O–H groups in total. The minimum absolute atomic E-state index is 0.645. The van der Waals surface area contributed by atoms with Crippen LogP contribution in [0.15, 0.2) is 24.3 Å². The maximum Gasteiger partial charge on any atom is 0.173 e. The van der Waals surface area contributed by atoms with Crippen molar-refractivity contribution in [2.75, 3.05) is 12.4 Å². The van der Waals surface area contributed by atoms with Crippen molar-refractivity contribution >= 4 is 34.6 Å². The number of nitrogens with zero attached hydrogens (tertiary/aromatic N) is 4. The summed E-state index contributed by atoms with van der Waals surface area (Å²) in [6.45, 7) is 1.65. The highest BCUT2D eigenvalue weighted by atomic mass is 35.5. The molecule has 1 aliphatic rings. The van der Waals surface area contributed by atoms with Crippen molar-refractivity contribution < 1.29 is 0 Å². The summed E-state index contributed by atoms with van der Waals surface area (Å²) in [6.07, 6.45) is 4.67. The van der Waals surface area contributed by atoms with Crippen molar-refractivity contribution in [3.63, 3.8) is 0 Å². The number of hydrogen-bond donors (Lipinski definition) is 1. The molecule has 2 aromatic rings. The Bertz CT molecular complexity index is 682. The van der Waals surface area contributed by atoms with Crippen molar-refractivity contribution in [2.24, 2.45) is 0 Å². The van der Waals surface area contributed by atoms with Crippen LogP contribution in [0.3, 0.4) is 0 Å². The topological polar surface area (TPSA) is 46.0 Å². The lowest BCUT2D eigenvalue weighted by molar-refractivity contribution is 0.466. The number of benzene rings is 1. The molecule has 0 saturated carbocycles. The molecule has 5 nitrogen and oxygen atoms in total. The van der Waals surface area contributed by atoms with Gasteiger partial charge in [0.15, 0.2) is 10.9 Å². The second-order valence-corrected chi connectivity index (χ2v) is 6.61. The lowest BCUT2D eigenvalue weighted by Crippen LogP contribution is -2.31. The summed E-state index contributed by atoms with van der Waals surface area (Å²) in [5.74, 6) is 2.08. The molecule has 122 valence electrons. The molecule has 0 unspecified atom stereocenters. The van der Waals surface area contributed by atoms with Gasteiger partial charge in [-0.05, 0) is 49.3 Å². The zero-order chi connectivity index (χ0) is 16.2. The van der Waals surface area contributed by atoms with Crippen LogP contribution >= 0.6 is 23.8 Å². The van der Waals surface area contributed by atoms with Gasteiger partial charge in [0.2, 0.25) is 0 Å². The van der Waals surface area contributed by atoms with Gasteiger partial charge in [0.1, 0.15) is 5.82 Å². The standard InChI is InChI=1S/C16H20ClN5S/c1-21(16(23)18-13-8-6-12(17)7-9-13)11-15-20-19-14-5-3-2-4-10-22(14)15/h6-9H,2-5,10-11H2,1H3,(H,18,23). The van der Waals surface area contributed by atoms with E-state index in [1.807, 2.05) is 36.2 Å². The number of thiocarbonyl (C=S) groups is 1. The van der Waals surface area contributed by atoms with E-state index in [0.29, 0.717) is 16.7 Å². The van der Waals surface area contributed by atoms with Crippen LogP contribution < -0.4 is 5.32 Å². The van der Waals surface area contributed by atoms with Gasteiger partial charge >= 0.3 is 0 Å². The van der Waals surface area contributed by atoms with Crippen LogP contribution in [0.4, 0.5) is 5.69 Å². The minimum Gasteiger partial charge on any atom is -0.345 e. The van der Waals surface area contributed by atoms with Gasteiger partial charge in [-0.3, -0.25) is 0 Å². The van der Waals surface area contributed by atoms with Crippen LogP contribution in [0.2, 0.25) is 5.02 Å². The largest absolute Gasteiger partial charge is 0.345 e. The molecular weight excluding hydrogens is 330 g/mol. The Balaban J connectivity index is 1.64. The summed E-state index contributed by atoms with van der Waals surface area (Å²) in [4.78, 5) is 1.98. The highest BCUT2D eigenvalue weighted by Crippen LogP contribution is 2.16. The number of anilines is 1. The molecule has 0 atom stereocenters. The smallest absolute Gasteiger partial charge is 0.173 e. The zero-order valence-electron chi connectivity index (χ0n) is 13.1. The predicted molar refractivity (Wildman–Crippen MR) is 96.7 cm³/mol. The minimum atomic E-state index is 0.645. The second-order valence-electron chi connectivity index (χ2n) is 5.79. The van der Waals surface area contributed by atoms with Crippen LogP contribution in [-0.2, 0) is 19.5 Å². The van der Waals surface area contributed by atoms with Gasteiger partial charge in [0.05, 0.1) is 6.54 Å². The Labute approximate surface area is 146 Å². The average molecular weight is 350 g/mol. The van der Waals surface area contributed by atoms with E-state index in [2.05, 4.69) is 20.1 Å². The van der Waals surface area contributed by atoms with E-state index < -0.39 is 0 Å². The lowest BCUT2D eigenvalue weighted by Gasteiger charge is -2.21. The van der Waals surface area contributed by atoms with Crippen molar-refractivity contribution in [3.8, 4) is 0 Å². The van der Waals surface area contributed by atoms with Crippen LogP contribution in [0.25, 0.3) is 0 Å². The van der Waals surface area contributed by atoms with Gasteiger partial charge in [-0.2, -0.15) is 0 Å². The first-order valence-corrected chi connectivity index (χ1v) is 8.61. The Hall–Kier alpha value is -1.66. The molecule has 0 saturated heterocycles. The van der Waals surface area contributed by atoms with Crippen molar-refractivity contribution in [1.29, 1.82) is 0 Å². The Kier molecular flexibility index (Phi) is 5.13. The quantitative estimate of drug-likeness (QED) is 0.859. The number of halogens is 1. The van der Waals surface area contributed by atoms with Gasteiger partial charge in [0.25, 0.3) is 0 Å². The maximum absolute atomic E-state index is 5.90. The molecule has 0 amide bonds. The van der Waals surface area contributed by atoms with E-state index in [-0.39, 0.29) is 0 Å². The van der Waals surface area contributed by atoms with E-state index in [1.165, 1.54) is 19.3 Å². The normalized spacial score (nSPS) is 14.0. The SMILES string of the molecule is CN(Cc1nnc2n1CCCCC2)C(=S)Nc1ccc(Cl)cc1. The van der Waals surface area contributed by atoms with E-state index >= 15 is 0 Å². The van der Waals surface area contributed by atoms with Crippen LogP contribution in [-0.4, -0.2) is 31.8 Å². The number of aromatic nitrogens is 3. The summed E-state index contributed by atoms with van der Waals surface area (Å²) in [5.41, 5.74) is 0.923. The predicted octanol–water partition coefficient (Wildman–Crippen LogP) is 3.49. The number of rotatable bonds is 3. The van der Waals surface area contributed by atoms with Crippen LogP contribution in [0, 0.1) is 0 Å². The molecule has 1 aromatic carbocycles. The third-order valence-corrected chi connectivity index (χ3v) is 4.67. The Morgan fingerprint density at radius 3 is 2.83 bits per heavy atom. The fourth-order valence-corrected chi connectivity index (χ4v) is 3.01. The molecule has 3 rings (SSSR count).